The van der Waals surface area contributed by atoms with Gasteiger partial charge >= 0.3 is 0 Å². The molecule has 1 atom stereocenters. The van der Waals surface area contributed by atoms with Crippen LogP contribution in [0.15, 0.2) is 53.0 Å². The Morgan fingerprint density at radius 1 is 1.20 bits per heavy atom. The first-order chi connectivity index (χ1) is 7.27. The van der Waals surface area contributed by atoms with Crippen molar-refractivity contribution in [3.63, 3.8) is 0 Å². The van der Waals surface area contributed by atoms with Crippen molar-refractivity contribution in [1.29, 1.82) is 0 Å². The third-order valence-electron chi connectivity index (χ3n) is 2.93. The molecule has 1 unspecified atom stereocenters. The average Bonchev–Trinajstić information content (AvgIpc) is 2.31. The zero-order valence-electron chi connectivity index (χ0n) is 8.49. The quantitative estimate of drug-likeness (QED) is 0.872. The Kier molecular flexibility index (Phi) is 3.08. The van der Waals surface area contributed by atoms with Crippen molar-refractivity contribution in [3.8, 4) is 0 Å². The van der Waals surface area contributed by atoms with Crippen LogP contribution < -0.4 is 5.73 Å². The van der Waals surface area contributed by atoms with Gasteiger partial charge < -0.3 is 5.73 Å². The van der Waals surface area contributed by atoms with Gasteiger partial charge in [0.2, 0.25) is 0 Å². The van der Waals surface area contributed by atoms with E-state index < -0.39 is 0 Å². The number of hydrogen-bond donors (Lipinski definition) is 1. The van der Waals surface area contributed by atoms with Gasteiger partial charge in [0.25, 0.3) is 0 Å². The molecule has 0 amide bonds. The first kappa shape index (κ1) is 10.7. The van der Waals surface area contributed by atoms with E-state index in [9.17, 15) is 0 Å². The van der Waals surface area contributed by atoms with E-state index in [-0.39, 0.29) is 5.41 Å². The molecule has 0 radical (unpaired) electrons. The van der Waals surface area contributed by atoms with Crippen LogP contribution in [0.2, 0.25) is 0 Å². The Morgan fingerprint density at radius 3 is 2.47 bits per heavy atom. The van der Waals surface area contributed by atoms with Crippen molar-refractivity contribution in [3.05, 3.63) is 58.6 Å². The molecule has 1 aromatic carbocycles. The van der Waals surface area contributed by atoms with Gasteiger partial charge in [-0.2, -0.15) is 0 Å². The minimum atomic E-state index is -0.00451. The lowest BCUT2D eigenvalue weighted by atomic mass is 9.75. The third kappa shape index (κ3) is 2.06. The minimum Gasteiger partial charge on any atom is -0.329 e. The number of nitrogens with two attached hydrogens (primary N) is 1. The van der Waals surface area contributed by atoms with Crippen LogP contribution in [0, 0.1) is 0 Å². The highest BCUT2D eigenvalue weighted by atomic mass is 79.9. The van der Waals surface area contributed by atoms with Crippen LogP contribution in [0.1, 0.15) is 12.0 Å². The summed E-state index contributed by atoms with van der Waals surface area (Å²) >= 11 is 3.45. The van der Waals surface area contributed by atoms with E-state index in [2.05, 4.69) is 64.5 Å². The molecule has 0 aromatic heterocycles. The van der Waals surface area contributed by atoms with Crippen molar-refractivity contribution in [1.82, 2.24) is 0 Å². The second-order valence-electron chi connectivity index (χ2n) is 3.86. The second-order valence-corrected chi connectivity index (χ2v) is 4.77. The summed E-state index contributed by atoms with van der Waals surface area (Å²) in [5, 5.41) is 0. The Bertz CT molecular complexity index is 392. The van der Waals surface area contributed by atoms with Gasteiger partial charge in [-0.3, -0.25) is 0 Å². The van der Waals surface area contributed by atoms with E-state index in [0.29, 0.717) is 6.54 Å². The normalized spacial score (nSPS) is 24.4. The van der Waals surface area contributed by atoms with Crippen LogP contribution in [-0.4, -0.2) is 6.54 Å². The largest absolute Gasteiger partial charge is 0.329 e. The van der Waals surface area contributed by atoms with Crippen LogP contribution in [0.4, 0.5) is 0 Å². The SMILES string of the molecule is NCC1(c2ccc(Br)cc2)C=CC=CC1. The Morgan fingerprint density at radius 2 is 1.93 bits per heavy atom. The van der Waals surface area contributed by atoms with Crippen LogP contribution in [0.5, 0.6) is 0 Å². The van der Waals surface area contributed by atoms with E-state index in [1.54, 1.807) is 0 Å². The fourth-order valence-electron chi connectivity index (χ4n) is 1.93. The maximum atomic E-state index is 5.91. The van der Waals surface area contributed by atoms with Gasteiger partial charge in [0, 0.05) is 16.4 Å². The van der Waals surface area contributed by atoms with Crippen molar-refractivity contribution < 1.29 is 0 Å². The van der Waals surface area contributed by atoms with Gasteiger partial charge in [-0.15, -0.1) is 0 Å². The van der Waals surface area contributed by atoms with Crippen LogP contribution >= 0.6 is 15.9 Å². The minimum absolute atomic E-state index is 0.00451. The van der Waals surface area contributed by atoms with E-state index in [1.807, 2.05) is 0 Å². The molecule has 0 heterocycles. The Labute approximate surface area is 98.8 Å². The number of halogens is 1. The predicted octanol–water partition coefficient (Wildman–Crippen LogP) is 3.16. The van der Waals surface area contributed by atoms with Crippen molar-refractivity contribution in [2.75, 3.05) is 6.54 Å². The lowest BCUT2D eigenvalue weighted by molar-refractivity contribution is 0.550. The molecule has 0 saturated heterocycles. The van der Waals surface area contributed by atoms with Crippen molar-refractivity contribution in [2.24, 2.45) is 5.73 Å². The molecule has 0 saturated carbocycles. The fraction of sp³-hybridized carbons (Fsp3) is 0.231. The topological polar surface area (TPSA) is 26.0 Å². The summed E-state index contributed by atoms with van der Waals surface area (Å²) in [6, 6.07) is 8.42. The summed E-state index contributed by atoms with van der Waals surface area (Å²) in [7, 11) is 0. The summed E-state index contributed by atoms with van der Waals surface area (Å²) in [5.41, 5.74) is 7.19. The first-order valence-corrected chi connectivity index (χ1v) is 5.87. The maximum Gasteiger partial charge on any atom is 0.0292 e. The van der Waals surface area contributed by atoms with Crippen molar-refractivity contribution >= 4 is 15.9 Å². The molecular formula is C13H14BrN. The van der Waals surface area contributed by atoms with Crippen molar-refractivity contribution in [2.45, 2.75) is 11.8 Å². The molecule has 1 aliphatic rings. The van der Waals surface area contributed by atoms with Gasteiger partial charge in [-0.1, -0.05) is 52.4 Å². The highest BCUT2D eigenvalue weighted by molar-refractivity contribution is 9.10. The molecule has 1 aromatic rings. The molecule has 1 nitrogen and oxygen atoms in total. The molecule has 15 heavy (non-hydrogen) atoms. The van der Waals surface area contributed by atoms with Crippen LogP contribution in [0.25, 0.3) is 0 Å². The number of hydrogen-bond acceptors (Lipinski definition) is 1. The van der Waals surface area contributed by atoms with E-state index >= 15 is 0 Å². The zero-order valence-corrected chi connectivity index (χ0v) is 10.1. The molecular weight excluding hydrogens is 250 g/mol. The molecule has 2 N–H and O–H groups in total. The molecule has 0 bridgehead atoms. The van der Waals surface area contributed by atoms with Gasteiger partial charge in [-0.25, -0.2) is 0 Å². The molecule has 0 fully saturated rings. The number of allylic oxidation sites excluding steroid dienone is 3. The lowest BCUT2D eigenvalue weighted by Gasteiger charge is -2.30. The predicted molar refractivity (Wildman–Crippen MR) is 67.8 cm³/mol. The molecule has 2 rings (SSSR count). The molecule has 0 spiro atoms. The van der Waals surface area contributed by atoms with Crippen LogP contribution in [0.3, 0.4) is 0 Å². The average molecular weight is 264 g/mol. The van der Waals surface area contributed by atoms with Gasteiger partial charge in [0.15, 0.2) is 0 Å². The fourth-order valence-corrected chi connectivity index (χ4v) is 2.19. The maximum absolute atomic E-state index is 5.91. The summed E-state index contributed by atoms with van der Waals surface area (Å²) in [6.07, 6.45) is 9.53. The molecule has 2 heteroatoms. The van der Waals surface area contributed by atoms with Gasteiger partial charge in [0.1, 0.15) is 0 Å². The smallest absolute Gasteiger partial charge is 0.0292 e. The summed E-state index contributed by atoms with van der Waals surface area (Å²) in [5.74, 6) is 0. The van der Waals surface area contributed by atoms with Gasteiger partial charge in [0.05, 0.1) is 0 Å². The Hall–Kier alpha value is -0.860. The second kappa shape index (κ2) is 4.33. The highest BCUT2D eigenvalue weighted by Crippen LogP contribution is 2.32. The summed E-state index contributed by atoms with van der Waals surface area (Å²) < 4.78 is 1.11. The third-order valence-corrected chi connectivity index (χ3v) is 3.46. The molecule has 1 aliphatic carbocycles. The lowest BCUT2D eigenvalue weighted by Crippen LogP contribution is -2.33. The highest BCUT2D eigenvalue weighted by Gasteiger charge is 2.27. The van der Waals surface area contributed by atoms with Gasteiger partial charge in [-0.05, 0) is 24.1 Å². The first-order valence-electron chi connectivity index (χ1n) is 5.07. The Balaban J connectivity index is 2.38. The van der Waals surface area contributed by atoms with E-state index in [0.717, 1.165) is 10.9 Å². The summed E-state index contributed by atoms with van der Waals surface area (Å²) in [6.45, 7) is 0.648. The number of benzene rings is 1. The monoisotopic (exact) mass is 263 g/mol. The van der Waals surface area contributed by atoms with Crippen LogP contribution in [-0.2, 0) is 5.41 Å². The van der Waals surface area contributed by atoms with E-state index in [4.69, 9.17) is 5.73 Å². The molecule has 0 aliphatic heterocycles. The summed E-state index contributed by atoms with van der Waals surface area (Å²) in [4.78, 5) is 0. The van der Waals surface area contributed by atoms with E-state index in [1.165, 1.54) is 5.56 Å². The standard InChI is InChI=1S/C13H14BrN/c14-12-6-4-11(5-7-12)13(10-15)8-2-1-3-9-13/h1-8H,9-10,15H2. The number of rotatable bonds is 2. The zero-order chi connectivity index (χ0) is 10.7. The molecule has 78 valence electrons.